The second-order valence-corrected chi connectivity index (χ2v) is 4.27. The standard InChI is InChI=1S/C13H15N5O3/c19-12(20)11-3-2-10(8-16-11)17-13(21)15-4-1-6-18-7-5-14-9-18/h2-3,5,7-9H,1,4,6H2,(H,19,20)(H2,15,17,21). The van der Waals surface area contributed by atoms with E-state index in [4.69, 9.17) is 5.11 Å². The predicted molar refractivity (Wildman–Crippen MR) is 75.1 cm³/mol. The van der Waals surface area contributed by atoms with E-state index in [2.05, 4.69) is 20.6 Å². The summed E-state index contributed by atoms with van der Waals surface area (Å²) in [6.45, 7) is 1.29. The van der Waals surface area contributed by atoms with Crippen molar-refractivity contribution in [3.05, 3.63) is 42.7 Å². The van der Waals surface area contributed by atoms with Crippen molar-refractivity contribution in [2.24, 2.45) is 0 Å². The summed E-state index contributed by atoms with van der Waals surface area (Å²) in [6.07, 6.45) is 7.36. The summed E-state index contributed by atoms with van der Waals surface area (Å²) >= 11 is 0. The number of anilines is 1. The number of nitrogens with zero attached hydrogens (tertiary/aromatic N) is 3. The van der Waals surface area contributed by atoms with E-state index < -0.39 is 5.97 Å². The van der Waals surface area contributed by atoms with E-state index in [-0.39, 0.29) is 11.7 Å². The van der Waals surface area contributed by atoms with Crippen LogP contribution in [0.1, 0.15) is 16.9 Å². The van der Waals surface area contributed by atoms with Gasteiger partial charge in [0.25, 0.3) is 0 Å². The van der Waals surface area contributed by atoms with Gasteiger partial charge in [-0.15, -0.1) is 0 Å². The number of nitrogens with one attached hydrogen (secondary N) is 2. The molecule has 8 heteroatoms. The van der Waals surface area contributed by atoms with Gasteiger partial charge in [-0.25, -0.2) is 19.6 Å². The van der Waals surface area contributed by atoms with E-state index in [0.29, 0.717) is 12.2 Å². The average molecular weight is 289 g/mol. The van der Waals surface area contributed by atoms with Crippen molar-refractivity contribution in [1.29, 1.82) is 0 Å². The number of pyridine rings is 1. The highest BCUT2D eigenvalue weighted by molar-refractivity contribution is 5.90. The number of carbonyl (C=O) groups is 2. The van der Waals surface area contributed by atoms with Crippen LogP contribution in [0.25, 0.3) is 0 Å². The minimum absolute atomic E-state index is 0.0682. The highest BCUT2D eigenvalue weighted by atomic mass is 16.4. The number of aryl methyl sites for hydroxylation is 1. The number of carbonyl (C=O) groups excluding carboxylic acids is 1. The summed E-state index contributed by atoms with van der Waals surface area (Å²) in [5.41, 5.74) is 0.369. The number of aromatic nitrogens is 3. The molecule has 0 saturated heterocycles. The number of hydrogen-bond acceptors (Lipinski definition) is 4. The second kappa shape index (κ2) is 7.04. The van der Waals surface area contributed by atoms with Crippen LogP contribution in [0.5, 0.6) is 0 Å². The zero-order valence-electron chi connectivity index (χ0n) is 11.2. The van der Waals surface area contributed by atoms with Crippen LogP contribution >= 0.6 is 0 Å². The minimum atomic E-state index is -1.11. The first-order valence-electron chi connectivity index (χ1n) is 6.35. The third-order valence-corrected chi connectivity index (χ3v) is 2.68. The quantitative estimate of drug-likeness (QED) is 0.692. The lowest BCUT2D eigenvalue weighted by atomic mass is 10.3. The van der Waals surface area contributed by atoms with E-state index in [9.17, 15) is 9.59 Å². The predicted octanol–water partition coefficient (Wildman–Crippen LogP) is 1.19. The van der Waals surface area contributed by atoms with Crippen LogP contribution in [-0.4, -0.2) is 38.2 Å². The van der Waals surface area contributed by atoms with E-state index in [0.717, 1.165) is 13.0 Å². The van der Waals surface area contributed by atoms with Crippen molar-refractivity contribution in [1.82, 2.24) is 19.9 Å². The van der Waals surface area contributed by atoms with Gasteiger partial charge >= 0.3 is 12.0 Å². The molecule has 0 fully saturated rings. The van der Waals surface area contributed by atoms with Gasteiger partial charge in [-0.2, -0.15) is 0 Å². The number of rotatable bonds is 6. The maximum Gasteiger partial charge on any atom is 0.354 e. The number of amides is 2. The Bertz CT molecular complexity index is 595. The molecule has 110 valence electrons. The van der Waals surface area contributed by atoms with Crippen LogP contribution in [-0.2, 0) is 6.54 Å². The molecule has 21 heavy (non-hydrogen) atoms. The zero-order chi connectivity index (χ0) is 15.1. The van der Waals surface area contributed by atoms with Crippen molar-refractivity contribution in [2.45, 2.75) is 13.0 Å². The Balaban J connectivity index is 1.70. The smallest absolute Gasteiger partial charge is 0.354 e. The number of carboxylic acids is 1. The van der Waals surface area contributed by atoms with E-state index in [1.165, 1.54) is 18.3 Å². The largest absolute Gasteiger partial charge is 0.477 e. The van der Waals surface area contributed by atoms with Crippen LogP contribution in [0.3, 0.4) is 0 Å². The van der Waals surface area contributed by atoms with Gasteiger partial charge in [0.1, 0.15) is 5.69 Å². The Morgan fingerprint density at radius 3 is 2.81 bits per heavy atom. The topological polar surface area (TPSA) is 109 Å². The molecule has 2 amide bonds. The molecular weight excluding hydrogens is 274 g/mol. The van der Waals surface area contributed by atoms with Crippen LogP contribution < -0.4 is 10.6 Å². The lowest BCUT2D eigenvalue weighted by Crippen LogP contribution is -2.30. The summed E-state index contributed by atoms with van der Waals surface area (Å²) in [4.78, 5) is 29.9. The Morgan fingerprint density at radius 1 is 1.33 bits per heavy atom. The van der Waals surface area contributed by atoms with Crippen LogP contribution in [0.2, 0.25) is 0 Å². The number of hydrogen-bond donors (Lipinski definition) is 3. The average Bonchev–Trinajstić information content (AvgIpc) is 2.97. The molecule has 0 saturated carbocycles. The third kappa shape index (κ3) is 4.60. The molecule has 2 aromatic heterocycles. The Morgan fingerprint density at radius 2 is 2.19 bits per heavy atom. The fourth-order valence-electron chi connectivity index (χ4n) is 1.65. The lowest BCUT2D eigenvalue weighted by Gasteiger charge is -2.07. The first kappa shape index (κ1) is 14.5. The number of urea groups is 1. The molecule has 0 aromatic carbocycles. The van der Waals surface area contributed by atoms with Gasteiger partial charge in [-0.1, -0.05) is 0 Å². The van der Waals surface area contributed by atoms with Gasteiger partial charge in [0.05, 0.1) is 18.2 Å². The molecule has 0 bridgehead atoms. The maximum atomic E-state index is 11.6. The van der Waals surface area contributed by atoms with E-state index in [1.807, 2.05) is 10.8 Å². The highest BCUT2D eigenvalue weighted by Gasteiger charge is 2.05. The summed E-state index contributed by atoms with van der Waals surface area (Å²) in [5.74, 6) is -1.11. The summed E-state index contributed by atoms with van der Waals surface area (Å²) < 4.78 is 1.92. The summed E-state index contributed by atoms with van der Waals surface area (Å²) in [7, 11) is 0. The number of imidazole rings is 1. The van der Waals surface area contributed by atoms with Gasteiger partial charge in [0.15, 0.2) is 0 Å². The van der Waals surface area contributed by atoms with Crippen LogP contribution in [0.15, 0.2) is 37.1 Å². The molecule has 8 nitrogen and oxygen atoms in total. The number of aromatic carboxylic acids is 1. The van der Waals surface area contributed by atoms with Crippen LogP contribution in [0.4, 0.5) is 10.5 Å². The van der Waals surface area contributed by atoms with Crippen LogP contribution in [0, 0.1) is 0 Å². The van der Waals surface area contributed by atoms with E-state index in [1.54, 1.807) is 12.5 Å². The molecule has 0 aliphatic carbocycles. The van der Waals surface area contributed by atoms with Crippen molar-refractivity contribution in [3.63, 3.8) is 0 Å². The fraction of sp³-hybridized carbons (Fsp3) is 0.231. The van der Waals surface area contributed by atoms with Crippen molar-refractivity contribution in [2.75, 3.05) is 11.9 Å². The maximum absolute atomic E-state index is 11.6. The Kier molecular flexibility index (Phi) is 4.86. The number of carboxylic acid groups (broad SMARTS) is 1. The highest BCUT2D eigenvalue weighted by Crippen LogP contribution is 2.05. The van der Waals surface area contributed by atoms with Gasteiger partial charge in [-0.3, -0.25) is 0 Å². The first-order chi connectivity index (χ1) is 10.1. The molecule has 2 rings (SSSR count). The molecule has 3 N–H and O–H groups in total. The molecule has 0 spiro atoms. The van der Waals surface area contributed by atoms with Gasteiger partial charge in [-0.05, 0) is 18.6 Å². The van der Waals surface area contributed by atoms with Gasteiger partial charge in [0.2, 0.25) is 0 Å². The van der Waals surface area contributed by atoms with Crippen molar-refractivity contribution < 1.29 is 14.7 Å². The van der Waals surface area contributed by atoms with Gasteiger partial charge in [0, 0.05) is 25.5 Å². The fourth-order valence-corrected chi connectivity index (χ4v) is 1.65. The van der Waals surface area contributed by atoms with Crippen molar-refractivity contribution >= 4 is 17.7 Å². The normalized spacial score (nSPS) is 10.1. The zero-order valence-corrected chi connectivity index (χ0v) is 11.2. The van der Waals surface area contributed by atoms with E-state index >= 15 is 0 Å². The summed E-state index contributed by atoms with van der Waals surface area (Å²) in [6, 6.07) is 2.46. The lowest BCUT2D eigenvalue weighted by molar-refractivity contribution is 0.0690. The second-order valence-electron chi connectivity index (χ2n) is 4.27. The Hall–Kier alpha value is -2.90. The molecular formula is C13H15N5O3. The molecule has 0 unspecified atom stereocenters. The molecule has 0 aliphatic rings. The molecule has 0 radical (unpaired) electrons. The molecule has 2 aromatic rings. The first-order valence-corrected chi connectivity index (χ1v) is 6.35. The molecule has 2 heterocycles. The Labute approximate surface area is 120 Å². The summed E-state index contributed by atoms with van der Waals surface area (Å²) in [5, 5.41) is 14.0. The van der Waals surface area contributed by atoms with Gasteiger partial charge < -0.3 is 20.3 Å². The minimum Gasteiger partial charge on any atom is -0.477 e. The van der Waals surface area contributed by atoms with Crippen molar-refractivity contribution in [3.8, 4) is 0 Å². The monoisotopic (exact) mass is 289 g/mol. The molecule has 0 atom stereocenters. The molecule has 0 aliphatic heterocycles. The SMILES string of the molecule is O=C(NCCCn1ccnc1)Nc1ccc(C(=O)O)nc1. The third-order valence-electron chi connectivity index (χ3n) is 2.68.